The number of fused-ring (bicyclic) bond motifs is 1. The highest BCUT2D eigenvalue weighted by atomic mass is 19.1. The third-order valence-electron chi connectivity index (χ3n) is 5.01. The Kier molecular flexibility index (Phi) is 5.31. The number of hydrogen-bond donors (Lipinski definition) is 2. The van der Waals surface area contributed by atoms with Crippen molar-refractivity contribution in [1.29, 1.82) is 0 Å². The third kappa shape index (κ3) is 4.23. The molecule has 0 unspecified atom stereocenters. The maximum Gasteiger partial charge on any atom is 0.335 e. The van der Waals surface area contributed by atoms with Crippen LogP contribution in [0.25, 0.3) is 28.0 Å². The monoisotopic (exact) mass is 398 g/mol. The summed E-state index contributed by atoms with van der Waals surface area (Å²) in [6, 6.07) is 22.4. The minimum atomic E-state index is -0.977. The zero-order chi connectivity index (χ0) is 21.1. The summed E-state index contributed by atoms with van der Waals surface area (Å²) in [7, 11) is 0. The van der Waals surface area contributed by atoms with Crippen LogP contribution in [-0.4, -0.2) is 16.2 Å². The molecule has 4 aromatic carbocycles. The van der Waals surface area contributed by atoms with Crippen molar-refractivity contribution in [3.8, 4) is 16.9 Å². The first-order valence-corrected chi connectivity index (χ1v) is 9.51. The Hall–Kier alpha value is -3.92. The number of allylic oxidation sites excluding steroid dienone is 1. The molecule has 0 bridgehead atoms. The molecular weight excluding hydrogens is 379 g/mol. The molecule has 0 aliphatic carbocycles. The van der Waals surface area contributed by atoms with E-state index in [1.54, 1.807) is 36.4 Å². The molecule has 0 saturated heterocycles. The van der Waals surface area contributed by atoms with Crippen LogP contribution in [0.1, 0.15) is 21.5 Å². The van der Waals surface area contributed by atoms with Crippen molar-refractivity contribution in [1.82, 2.24) is 0 Å². The first-order valence-electron chi connectivity index (χ1n) is 9.51. The van der Waals surface area contributed by atoms with E-state index in [-0.39, 0.29) is 17.1 Å². The molecule has 0 spiro atoms. The zero-order valence-corrected chi connectivity index (χ0v) is 16.0. The minimum Gasteiger partial charge on any atom is -0.508 e. The predicted molar refractivity (Wildman–Crippen MR) is 117 cm³/mol. The molecule has 148 valence electrons. The van der Waals surface area contributed by atoms with Gasteiger partial charge in [-0.2, -0.15) is 0 Å². The Morgan fingerprint density at radius 3 is 2.30 bits per heavy atom. The van der Waals surface area contributed by atoms with Crippen LogP contribution in [-0.2, 0) is 6.42 Å². The molecular formula is C26H19FO3. The lowest BCUT2D eigenvalue weighted by Gasteiger charge is -2.08. The van der Waals surface area contributed by atoms with Crippen LogP contribution < -0.4 is 0 Å². The fourth-order valence-electron chi connectivity index (χ4n) is 3.47. The number of hydrogen-bond acceptors (Lipinski definition) is 2. The molecule has 4 aromatic rings. The van der Waals surface area contributed by atoms with Crippen molar-refractivity contribution >= 4 is 22.8 Å². The topological polar surface area (TPSA) is 57.5 Å². The van der Waals surface area contributed by atoms with Crippen molar-refractivity contribution in [3.63, 3.8) is 0 Å². The van der Waals surface area contributed by atoms with Gasteiger partial charge in [-0.15, -0.1) is 0 Å². The fraction of sp³-hybridized carbons (Fsp3) is 0.0385. The van der Waals surface area contributed by atoms with E-state index < -0.39 is 5.97 Å². The van der Waals surface area contributed by atoms with Gasteiger partial charge in [0.25, 0.3) is 0 Å². The molecule has 0 amide bonds. The number of halogens is 1. The van der Waals surface area contributed by atoms with E-state index in [0.29, 0.717) is 12.0 Å². The van der Waals surface area contributed by atoms with Crippen molar-refractivity contribution in [2.45, 2.75) is 6.42 Å². The van der Waals surface area contributed by atoms with E-state index in [4.69, 9.17) is 0 Å². The van der Waals surface area contributed by atoms with E-state index in [9.17, 15) is 19.4 Å². The molecule has 0 heterocycles. The molecule has 0 fully saturated rings. The van der Waals surface area contributed by atoms with Crippen molar-refractivity contribution in [2.75, 3.05) is 0 Å². The van der Waals surface area contributed by atoms with Crippen LogP contribution in [0.5, 0.6) is 5.75 Å². The second kappa shape index (κ2) is 8.21. The van der Waals surface area contributed by atoms with Gasteiger partial charge in [0.15, 0.2) is 0 Å². The summed E-state index contributed by atoms with van der Waals surface area (Å²) in [6.45, 7) is 0. The van der Waals surface area contributed by atoms with Gasteiger partial charge in [0.1, 0.15) is 11.6 Å². The highest BCUT2D eigenvalue weighted by Gasteiger charge is 2.11. The van der Waals surface area contributed by atoms with Gasteiger partial charge in [0.05, 0.1) is 5.56 Å². The molecule has 3 nitrogen and oxygen atoms in total. The summed E-state index contributed by atoms with van der Waals surface area (Å²) in [5.41, 5.74) is 3.59. The first kappa shape index (κ1) is 19.4. The number of carbonyl (C=O) groups is 1. The molecule has 0 aliphatic rings. The Bertz CT molecular complexity index is 1260. The van der Waals surface area contributed by atoms with E-state index in [1.807, 2.05) is 42.5 Å². The SMILES string of the molecule is O=C(O)c1ccc(-c2ccc(F)cc2)cc1C/C=C/c1ccc2cc(O)ccc2c1. The number of aromatic carboxylic acids is 1. The minimum absolute atomic E-state index is 0.230. The number of phenols is 1. The Balaban J connectivity index is 1.61. The van der Waals surface area contributed by atoms with Gasteiger partial charge in [-0.3, -0.25) is 0 Å². The summed E-state index contributed by atoms with van der Waals surface area (Å²) in [5, 5.41) is 21.1. The van der Waals surface area contributed by atoms with Crippen LogP contribution >= 0.6 is 0 Å². The normalized spacial score (nSPS) is 11.2. The number of carboxylic acid groups (broad SMARTS) is 1. The molecule has 2 N–H and O–H groups in total. The van der Waals surface area contributed by atoms with Gasteiger partial charge in [0, 0.05) is 0 Å². The standard InChI is InChI=1S/C26H19FO3/c27-23-10-6-18(7-11-23)20-9-13-25(26(29)30)22(15-20)3-1-2-17-4-5-21-16-24(28)12-8-19(21)14-17/h1-2,4-16,28H,3H2,(H,29,30)/b2-1+. The zero-order valence-electron chi connectivity index (χ0n) is 16.0. The van der Waals surface area contributed by atoms with Crippen LogP contribution in [0.2, 0.25) is 0 Å². The average molecular weight is 398 g/mol. The van der Waals surface area contributed by atoms with Crippen LogP contribution in [0.15, 0.2) is 84.9 Å². The van der Waals surface area contributed by atoms with E-state index in [1.165, 1.54) is 12.1 Å². The number of carboxylic acids is 1. The molecule has 30 heavy (non-hydrogen) atoms. The van der Waals surface area contributed by atoms with Gasteiger partial charge in [-0.05, 0) is 81.9 Å². The fourth-order valence-corrected chi connectivity index (χ4v) is 3.47. The molecule has 0 saturated carbocycles. The lowest BCUT2D eigenvalue weighted by Crippen LogP contribution is -2.02. The lowest BCUT2D eigenvalue weighted by molar-refractivity contribution is 0.0696. The van der Waals surface area contributed by atoms with Crippen molar-refractivity contribution in [2.24, 2.45) is 0 Å². The number of rotatable bonds is 5. The van der Waals surface area contributed by atoms with Crippen LogP contribution in [0.3, 0.4) is 0 Å². The highest BCUT2D eigenvalue weighted by Crippen LogP contribution is 2.25. The van der Waals surface area contributed by atoms with Crippen LogP contribution in [0, 0.1) is 5.82 Å². The molecule has 0 aliphatic heterocycles. The lowest BCUT2D eigenvalue weighted by atomic mass is 9.97. The summed E-state index contributed by atoms with van der Waals surface area (Å²) >= 11 is 0. The Morgan fingerprint density at radius 1 is 0.833 bits per heavy atom. The largest absolute Gasteiger partial charge is 0.508 e. The molecule has 4 heteroatoms. The van der Waals surface area contributed by atoms with E-state index >= 15 is 0 Å². The highest BCUT2D eigenvalue weighted by molar-refractivity contribution is 5.90. The third-order valence-corrected chi connectivity index (χ3v) is 5.01. The number of phenolic OH excluding ortho intramolecular Hbond substituents is 1. The molecule has 4 rings (SSSR count). The Labute approximate surface area is 173 Å². The number of benzene rings is 4. The smallest absolute Gasteiger partial charge is 0.335 e. The van der Waals surface area contributed by atoms with E-state index in [2.05, 4.69) is 0 Å². The van der Waals surface area contributed by atoms with E-state index in [0.717, 1.165) is 27.5 Å². The summed E-state index contributed by atoms with van der Waals surface area (Å²) in [5.74, 6) is -1.06. The molecule has 0 aromatic heterocycles. The van der Waals surface area contributed by atoms with Crippen molar-refractivity contribution in [3.05, 3.63) is 107 Å². The quantitative estimate of drug-likeness (QED) is 0.414. The van der Waals surface area contributed by atoms with Gasteiger partial charge in [-0.1, -0.05) is 48.6 Å². The average Bonchev–Trinajstić information content (AvgIpc) is 2.74. The predicted octanol–water partition coefficient (Wildman–Crippen LogP) is 6.31. The van der Waals surface area contributed by atoms with Gasteiger partial charge < -0.3 is 10.2 Å². The molecule has 0 atom stereocenters. The van der Waals surface area contributed by atoms with Crippen LogP contribution in [0.4, 0.5) is 4.39 Å². The summed E-state index contributed by atoms with van der Waals surface area (Å²) in [6.07, 6.45) is 4.32. The molecule has 0 radical (unpaired) electrons. The number of aromatic hydroxyl groups is 1. The van der Waals surface area contributed by atoms with Gasteiger partial charge in [0.2, 0.25) is 0 Å². The first-order chi connectivity index (χ1) is 14.5. The second-order valence-corrected chi connectivity index (χ2v) is 7.08. The Morgan fingerprint density at radius 2 is 1.53 bits per heavy atom. The second-order valence-electron chi connectivity index (χ2n) is 7.08. The van der Waals surface area contributed by atoms with Gasteiger partial charge in [-0.25, -0.2) is 9.18 Å². The summed E-state index contributed by atoms with van der Waals surface area (Å²) < 4.78 is 13.2. The summed E-state index contributed by atoms with van der Waals surface area (Å²) in [4.78, 5) is 11.6. The maximum atomic E-state index is 13.2. The maximum absolute atomic E-state index is 13.2. The van der Waals surface area contributed by atoms with Crippen molar-refractivity contribution < 1.29 is 19.4 Å². The van der Waals surface area contributed by atoms with Gasteiger partial charge >= 0.3 is 5.97 Å².